The van der Waals surface area contributed by atoms with E-state index in [1.54, 1.807) is 45.4 Å². The van der Waals surface area contributed by atoms with Crippen LogP contribution in [0.3, 0.4) is 0 Å². The number of benzene rings is 2. The number of esters is 1. The maximum Gasteiger partial charge on any atom is 0.311 e. The highest BCUT2D eigenvalue weighted by molar-refractivity contribution is 6.00. The topological polar surface area (TPSA) is 111 Å². The SMILES string of the molecule is COC(=O)Cc1[nH]n(-c2ccc(OC)cc2)c(=O)c1C(C)=NCCc1c[nH]c2ccc(OC)cc12. The molecule has 0 saturated heterocycles. The van der Waals surface area contributed by atoms with Crippen LogP contribution in [0.25, 0.3) is 16.6 Å². The van der Waals surface area contributed by atoms with E-state index in [-0.39, 0.29) is 12.0 Å². The summed E-state index contributed by atoms with van der Waals surface area (Å²) in [6.07, 6.45) is 2.57. The highest BCUT2D eigenvalue weighted by Crippen LogP contribution is 2.24. The first kappa shape index (κ1) is 23.9. The van der Waals surface area contributed by atoms with Gasteiger partial charge in [-0.1, -0.05) is 0 Å². The fourth-order valence-corrected chi connectivity index (χ4v) is 4.03. The number of hydrogen-bond donors (Lipinski definition) is 2. The average Bonchev–Trinajstić information content (AvgIpc) is 3.43. The molecule has 0 aliphatic carbocycles. The van der Waals surface area contributed by atoms with Crippen LogP contribution in [0.2, 0.25) is 0 Å². The number of aliphatic imine (C=N–C) groups is 1. The Hall–Kier alpha value is -4.27. The van der Waals surface area contributed by atoms with Crippen molar-refractivity contribution in [2.75, 3.05) is 27.9 Å². The van der Waals surface area contributed by atoms with Crippen molar-refractivity contribution in [2.45, 2.75) is 19.8 Å². The van der Waals surface area contributed by atoms with Crippen LogP contribution in [0.1, 0.15) is 23.7 Å². The fraction of sp³-hybridized carbons (Fsp3) is 0.269. The monoisotopic (exact) mass is 476 g/mol. The van der Waals surface area contributed by atoms with Gasteiger partial charge in [-0.15, -0.1) is 0 Å². The summed E-state index contributed by atoms with van der Waals surface area (Å²) in [5, 5.41) is 4.13. The zero-order valence-corrected chi connectivity index (χ0v) is 20.2. The van der Waals surface area contributed by atoms with Crippen molar-refractivity contribution in [1.82, 2.24) is 14.8 Å². The lowest BCUT2D eigenvalue weighted by molar-refractivity contribution is -0.139. The van der Waals surface area contributed by atoms with Crippen molar-refractivity contribution in [2.24, 2.45) is 4.99 Å². The summed E-state index contributed by atoms with van der Waals surface area (Å²) < 4.78 is 16.8. The van der Waals surface area contributed by atoms with Gasteiger partial charge in [-0.25, -0.2) is 4.68 Å². The first-order valence-electron chi connectivity index (χ1n) is 11.2. The lowest BCUT2D eigenvalue weighted by atomic mass is 10.1. The molecule has 2 N–H and O–H groups in total. The predicted molar refractivity (Wildman–Crippen MR) is 134 cm³/mol. The highest BCUT2D eigenvalue weighted by atomic mass is 16.5. The lowest BCUT2D eigenvalue weighted by Gasteiger charge is -2.03. The minimum Gasteiger partial charge on any atom is -0.497 e. The second kappa shape index (κ2) is 10.3. The van der Waals surface area contributed by atoms with Gasteiger partial charge in [0.05, 0.1) is 44.7 Å². The van der Waals surface area contributed by atoms with Crippen molar-refractivity contribution in [3.63, 3.8) is 0 Å². The number of carbonyl (C=O) groups is 1. The molecule has 4 rings (SSSR count). The molecular formula is C26H28N4O5. The molecule has 2 aromatic heterocycles. The molecule has 0 aliphatic rings. The number of hydrogen-bond acceptors (Lipinski definition) is 6. The first-order chi connectivity index (χ1) is 16.9. The van der Waals surface area contributed by atoms with Crippen molar-refractivity contribution in [3.8, 4) is 17.2 Å². The van der Waals surface area contributed by atoms with E-state index >= 15 is 0 Å². The van der Waals surface area contributed by atoms with Crippen molar-refractivity contribution in [1.29, 1.82) is 0 Å². The zero-order valence-electron chi connectivity index (χ0n) is 20.2. The molecular weight excluding hydrogens is 448 g/mol. The van der Waals surface area contributed by atoms with Gasteiger partial charge in [0.1, 0.15) is 11.5 Å². The molecule has 0 atom stereocenters. The van der Waals surface area contributed by atoms with Gasteiger partial charge in [0, 0.05) is 29.4 Å². The lowest BCUT2D eigenvalue weighted by Crippen LogP contribution is -2.20. The normalized spacial score (nSPS) is 11.6. The number of aromatic nitrogens is 3. The Balaban J connectivity index is 1.63. The van der Waals surface area contributed by atoms with Gasteiger partial charge in [-0.2, -0.15) is 0 Å². The molecule has 0 aliphatic heterocycles. The number of fused-ring (bicyclic) bond motifs is 1. The molecule has 0 saturated carbocycles. The van der Waals surface area contributed by atoms with Crippen LogP contribution in [-0.4, -0.2) is 54.3 Å². The summed E-state index contributed by atoms with van der Waals surface area (Å²) in [7, 11) is 4.54. The summed E-state index contributed by atoms with van der Waals surface area (Å²) in [6.45, 7) is 2.25. The maximum absolute atomic E-state index is 13.3. The number of carbonyl (C=O) groups excluding carboxylic acids is 1. The maximum atomic E-state index is 13.3. The average molecular weight is 477 g/mol. The second-order valence-electron chi connectivity index (χ2n) is 8.00. The molecule has 0 fully saturated rings. The Morgan fingerprint density at radius 3 is 2.43 bits per heavy atom. The van der Waals surface area contributed by atoms with Crippen molar-refractivity contribution in [3.05, 3.63) is 75.8 Å². The Kier molecular flexibility index (Phi) is 7.05. The van der Waals surface area contributed by atoms with E-state index in [9.17, 15) is 9.59 Å². The molecule has 0 radical (unpaired) electrons. The molecule has 182 valence electrons. The minimum atomic E-state index is -0.449. The molecule has 4 aromatic rings. The van der Waals surface area contributed by atoms with Crippen LogP contribution in [0.15, 0.2) is 58.4 Å². The van der Waals surface area contributed by atoms with Crippen LogP contribution in [0, 0.1) is 0 Å². The van der Waals surface area contributed by atoms with Crippen LogP contribution in [0.4, 0.5) is 0 Å². The Bertz CT molecular complexity index is 1430. The first-order valence-corrected chi connectivity index (χ1v) is 11.2. The van der Waals surface area contributed by atoms with Gasteiger partial charge in [0.2, 0.25) is 0 Å². The molecule has 2 aromatic carbocycles. The predicted octanol–water partition coefficient (Wildman–Crippen LogP) is 3.43. The molecule has 9 nitrogen and oxygen atoms in total. The number of nitrogens with zero attached hydrogens (tertiary/aromatic N) is 2. The van der Waals surface area contributed by atoms with Crippen molar-refractivity contribution < 1.29 is 19.0 Å². The summed E-state index contributed by atoms with van der Waals surface area (Å²) in [4.78, 5) is 33.3. The largest absolute Gasteiger partial charge is 0.497 e. The third kappa shape index (κ3) is 4.98. The minimum absolute atomic E-state index is 0.0701. The molecule has 9 heteroatoms. The standard InChI is InChI=1S/C26H28N4O5/c1-16(27-12-11-17-15-28-22-10-9-20(34-3)13-21(17)22)25-23(14-24(31)35-4)29-30(26(25)32)18-5-7-19(33-2)8-6-18/h5-10,13,15,28-29H,11-12,14H2,1-4H3. The summed E-state index contributed by atoms with van der Waals surface area (Å²) in [6, 6.07) is 12.9. The van der Waals surface area contributed by atoms with E-state index in [1.807, 2.05) is 24.4 Å². The van der Waals surface area contributed by atoms with Crippen LogP contribution in [0.5, 0.6) is 11.5 Å². The van der Waals surface area contributed by atoms with Crippen LogP contribution >= 0.6 is 0 Å². The highest BCUT2D eigenvalue weighted by Gasteiger charge is 2.20. The number of rotatable bonds is 9. The molecule has 35 heavy (non-hydrogen) atoms. The number of methoxy groups -OCH3 is 3. The second-order valence-corrected chi connectivity index (χ2v) is 8.00. The van der Waals surface area contributed by atoms with E-state index in [0.717, 1.165) is 22.2 Å². The molecule has 2 heterocycles. The Labute approximate surface area is 202 Å². The number of ether oxygens (including phenoxy) is 3. The van der Waals surface area contributed by atoms with E-state index < -0.39 is 5.97 Å². The number of aromatic amines is 2. The number of H-pyrrole nitrogens is 2. The van der Waals surface area contributed by atoms with E-state index in [2.05, 4.69) is 15.1 Å². The zero-order chi connectivity index (χ0) is 24.9. The molecule has 0 amide bonds. The smallest absolute Gasteiger partial charge is 0.311 e. The summed E-state index contributed by atoms with van der Waals surface area (Å²) in [5.74, 6) is 1.02. The Morgan fingerprint density at radius 2 is 1.74 bits per heavy atom. The quantitative estimate of drug-likeness (QED) is 0.284. The van der Waals surface area contributed by atoms with Crippen LogP contribution in [-0.2, 0) is 22.4 Å². The van der Waals surface area contributed by atoms with E-state index in [4.69, 9.17) is 14.2 Å². The third-order valence-electron chi connectivity index (χ3n) is 5.91. The van der Waals surface area contributed by atoms with Crippen LogP contribution < -0.4 is 15.0 Å². The number of nitrogens with one attached hydrogen (secondary N) is 2. The van der Waals surface area contributed by atoms with Gasteiger partial charge in [-0.3, -0.25) is 19.7 Å². The third-order valence-corrected chi connectivity index (χ3v) is 5.91. The van der Waals surface area contributed by atoms with Gasteiger partial charge in [0.25, 0.3) is 5.56 Å². The van der Waals surface area contributed by atoms with Gasteiger partial charge in [0.15, 0.2) is 0 Å². The molecule has 0 spiro atoms. The summed E-state index contributed by atoms with van der Waals surface area (Å²) >= 11 is 0. The summed E-state index contributed by atoms with van der Waals surface area (Å²) in [5.41, 5.74) is 3.84. The van der Waals surface area contributed by atoms with Crippen molar-refractivity contribution >= 4 is 22.6 Å². The van der Waals surface area contributed by atoms with Gasteiger partial charge in [-0.05, 0) is 61.4 Å². The molecule has 0 unspecified atom stereocenters. The van der Waals surface area contributed by atoms with E-state index in [0.29, 0.717) is 41.4 Å². The Morgan fingerprint density at radius 1 is 1.03 bits per heavy atom. The van der Waals surface area contributed by atoms with Gasteiger partial charge < -0.3 is 19.2 Å². The fourth-order valence-electron chi connectivity index (χ4n) is 4.03. The van der Waals surface area contributed by atoms with E-state index in [1.165, 1.54) is 11.8 Å². The van der Waals surface area contributed by atoms with Gasteiger partial charge >= 0.3 is 5.97 Å². The molecule has 0 bridgehead atoms.